The van der Waals surface area contributed by atoms with Gasteiger partial charge in [-0.25, -0.2) is 0 Å². The maximum absolute atomic E-state index is 13.0. The number of hydrogen-bond acceptors (Lipinski definition) is 5. The van der Waals surface area contributed by atoms with Gasteiger partial charge in [-0.05, 0) is 54.8 Å². The van der Waals surface area contributed by atoms with E-state index >= 15 is 0 Å². The second-order valence-corrected chi connectivity index (χ2v) is 8.17. The maximum atomic E-state index is 13.0. The number of amides is 1. The number of nitrogens with one attached hydrogen (secondary N) is 1. The Labute approximate surface area is 206 Å². The largest absolute Gasteiger partial charge is 0.497 e. The van der Waals surface area contributed by atoms with E-state index in [1.165, 1.54) is 7.11 Å². The average molecular weight is 476 g/mol. The Morgan fingerprint density at radius 2 is 1.69 bits per heavy atom. The molecule has 0 spiro atoms. The van der Waals surface area contributed by atoms with Crippen LogP contribution in [-0.2, 0) is 20.7 Å². The zero-order chi connectivity index (χ0) is 24.9. The van der Waals surface area contributed by atoms with Crippen LogP contribution >= 0.6 is 0 Å². The van der Waals surface area contributed by atoms with Crippen molar-refractivity contribution < 1.29 is 23.8 Å². The normalized spacial score (nSPS) is 11.2. The number of rotatable bonds is 13. The van der Waals surface area contributed by atoms with E-state index in [0.29, 0.717) is 37.8 Å². The third kappa shape index (κ3) is 8.18. The molecular formula is C29H33NO5. The van der Waals surface area contributed by atoms with E-state index < -0.39 is 0 Å². The number of allylic oxidation sites excluding steroid dienone is 1. The van der Waals surface area contributed by atoms with Crippen LogP contribution in [0.4, 0.5) is 0 Å². The van der Waals surface area contributed by atoms with Crippen LogP contribution in [-0.4, -0.2) is 39.2 Å². The summed E-state index contributed by atoms with van der Waals surface area (Å²) in [5, 5.41) is 5.10. The van der Waals surface area contributed by atoms with Crippen molar-refractivity contribution in [3.63, 3.8) is 0 Å². The molecule has 0 atom stereocenters. The molecule has 0 saturated carbocycles. The minimum absolute atomic E-state index is 0.147. The molecule has 0 radical (unpaired) electrons. The van der Waals surface area contributed by atoms with Crippen molar-refractivity contribution in [3.8, 4) is 11.5 Å². The highest BCUT2D eigenvalue weighted by atomic mass is 16.5. The van der Waals surface area contributed by atoms with Gasteiger partial charge in [-0.3, -0.25) is 9.59 Å². The van der Waals surface area contributed by atoms with E-state index in [4.69, 9.17) is 9.47 Å². The number of fused-ring (bicyclic) bond motifs is 1. The number of hydrogen-bond donors (Lipinski definition) is 1. The zero-order valence-electron chi connectivity index (χ0n) is 20.4. The van der Waals surface area contributed by atoms with Gasteiger partial charge in [-0.1, -0.05) is 54.6 Å². The standard InChI is InChI=1S/C29H33NO5/c1-33-25-17-15-22(16-18-25)19-20-30-29(32)24(10-4-3-5-14-28(31)34-2)21-35-27-13-8-11-23-9-6-7-12-26(23)27/h6-13,15-18H,3-5,14,19-21H2,1-2H3,(H,30,32). The van der Waals surface area contributed by atoms with Crippen LogP contribution in [0, 0.1) is 0 Å². The molecule has 3 aromatic carbocycles. The molecule has 0 fully saturated rings. The SMILES string of the molecule is COC(=O)CCCCC=C(COc1cccc2ccccc12)C(=O)NCCc1ccc(OC)cc1. The molecule has 35 heavy (non-hydrogen) atoms. The average Bonchev–Trinajstić information content (AvgIpc) is 2.90. The number of methoxy groups -OCH3 is 2. The van der Waals surface area contributed by atoms with Crippen molar-refractivity contribution in [3.05, 3.63) is 83.9 Å². The fraction of sp³-hybridized carbons (Fsp3) is 0.310. The van der Waals surface area contributed by atoms with Crippen LogP contribution in [0.3, 0.4) is 0 Å². The number of unbranched alkanes of at least 4 members (excludes halogenated alkanes) is 2. The van der Waals surface area contributed by atoms with Gasteiger partial charge in [0.2, 0.25) is 5.91 Å². The van der Waals surface area contributed by atoms with Crippen molar-refractivity contribution in [1.29, 1.82) is 0 Å². The summed E-state index contributed by atoms with van der Waals surface area (Å²) in [6.45, 7) is 0.679. The summed E-state index contributed by atoms with van der Waals surface area (Å²) in [4.78, 5) is 24.3. The molecule has 0 aliphatic rings. The predicted octanol–water partition coefficient (Wildman–Crippen LogP) is 5.25. The number of carbonyl (C=O) groups is 2. The van der Waals surface area contributed by atoms with Crippen molar-refractivity contribution in [2.45, 2.75) is 32.1 Å². The minimum atomic E-state index is -0.218. The predicted molar refractivity (Wildman–Crippen MR) is 138 cm³/mol. The first kappa shape index (κ1) is 25.8. The molecule has 0 unspecified atom stereocenters. The molecule has 1 N–H and O–H groups in total. The fourth-order valence-electron chi connectivity index (χ4n) is 3.71. The summed E-state index contributed by atoms with van der Waals surface area (Å²) in [7, 11) is 3.03. The highest BCUT2D eigenvalue weighted by Gasteiger charge is 2.12. The summed E-state index contributed by atoms with van der Waals surface area (Å²) in [6.07, 6.45) is 5.17. The quantitative estimate of drug-likeness (QED) is 0.208. The van der Waals surface area contributed by atoms with Gasteiger partial charge in [0.1, 0.15) is 18.1 Å². The van der Waals surface area contributed by atoms with Gasteiger partial charge in [-0.15, -0.1) is 0 Å². The van der Waals surface area contributed by atoms with Crippen LogP contribution in [0.25, 0.3) is 10.8 Å². The van der Waals surface area contributed by atoms with Gasteiger partial charge >= 0.3 is 5.97 Å². The van der Waals surface area contributed by atoms with Crippen LogP contribution in [0.5, 0.6) is 11.5 Å². The lowest BCUT2D eigenvalue weighted by Gasteiger charge is -2.13. The van der Waals surface area contributed by atoms with Gasteiger partial charge in [0.25, 0.3) is 0 Å². The summed E-state index contributed by atoms with van der Waals surface area (Å²) in [5.41, 5.74) is 1.69. The van der Waals surface area contributed by atoms with Crippen LogP contribution < -0.4 is 14.8 Å². The first-order valence-electron chi connectivity index (χ1n) is 11.9. The van der Waals surface area contributed by atoms with E-state index in [0.717, 1.165) is 34.3 Å². The zero-order valence-corrected chi connectivity index (χ0v) is 20.4. The second kappa shape index (κ2) is 13.8. The van der Waals surface area contributed by atoms with Gasteiger partial charge in [-0.2, -0.15) is 0 Å². The summed E-state index contributed by atoms with van der Waals surface area (Å²) in [6, 6.07) is 21.7. The molecule has 0 heterocycles. The number of esters is 1. The summed E-state index contributed by atoms with van der Waals surface area (Å²) >= 11 is 0. The van der Waals surface area contributed by atoms with Gasteiger partial charge in [0.05, 0.1) is 19.8 Å². The third-order valence-corrected chi connectivity index (χ3v) is 5.74. The number of carbonyl (C=O) groups excluding carboxylic acids is 2. The highest BCUT2D eigenvalue weighted by Crippen LogP contribution is 2.25. The molecule has 184 valence electrons. The Kier molecular flexibility index (Phi) is 10.2. The molecule has 3 aromatic rings. The lowest BCUT2D eigenvalue weighted by molar-refractivity contribution is -0.140. The molecule has 1 amide bonds. The molecule has 6 heteroatoms. The smallest absolute Gasteiger partial charge is 0.305 e. The van der Waals surface area contributed by atoms with E-state index in [2.05, 4.69) is 10.1 Å². The lowest BCUT2D eigenvalue weighted by Crippen LogP contribution is -2.29. The molecule has 0 saturated heterocycles. The molecule has 3 rings (SSSR count). The van der Waals surface area contributed by atoms with Crippen LogP contribution in [0.1, 0.15) is 31.2 Å². The fourth-order valence-corrected chi connectivity index (χ4v) is 3.71. The Morgan fingerprint density at radius 1 is 0.914 bits per heavy atom. The molecule has 0 bridgehead atoms. The van der Waals surface area contributed by atoms with Crippen molar-refractivity contribution >= 4 is 22.6 Å². The van der Waals surface area contributed by atoms with Crippen molar-refractivity contribution in [2.75, 3.05) is 27.4 Å². The van der Waals surface area contributed by atoms with Gasteiger partial charge in [0.15, 0.2) is 0 Å². The van der Waals surface area contributed by atoms with E-state index in [9.17, 15) is 9.59 Å². The van der Waals surface area contributed by atoms with E-state index in [-0.39, 0.29) is 18.5 Å². The third-order valence-electron chi connectivity index (χ3n) is 5.74. The Hall–Kier alpha value is -3.80. The Bertz CT molecular complexity index is 1130. The summed E-state index contributed by atoms with van der Waals surface area (Å²) in [5.74, 6) is 1.18. The minimum Gasteiger partial charge on any atom is -0.497 e. The molecule has 6 nitrogen and oxygen atoms in total. The highest BCUT2D eigenvalue weighted by molar-refractivity contribution is 5.94. The molecular weight excluding hydrogens is 442 g/mol. The second-order valence-electron chi connectivity index (χ2n) is 8.17. The lowest BCUT2D eigenvalue weighted by atomic mass is 10.1. The van der Waals surface area contributed by atoms with Crippen molar-refractivity contribution in [2.24, 2.45) is 0 Å². The Morgan fingerprint density at radius 3 is 2.46 bits per heavy atom. The maximum Gasteiger partial charge on any atom is 0.305 e. The summed E-state index contributed by atoms with van der Waals surface area (Å²) < 4.78 is 16.0. The topological polar surface area (TPSA) is 73.9 Å². The molecule has 0 aliphatic carbocycles. The Balaban J connectivity index is 1.61. The first-order valence-corrected chi connectivity index (χ1v) is 11.9. The van der Waals surface area contributed by atoms with Gasteiger partial charge in [0, 0.05) is 18.4 Å². The number of benzene rings is 3. The van der Waals surface area contributed by atoms with Crippen LogP contribution in [0.2, 0.25) is 0 Å². The van der Waals surface area contributed by atoms with Crippen LogP contribution in [0.15, 0.2) is 78.4 Å². The molecule has 0 aromatic heterocycles. The van der Waals surface area contributed by atoms with E-state index in [1.54, 1.807) is 7.11 Å². The first-order chi connectivity index (χ1) is 17.1. The monoisotopic (exact) mass is 475 g/mol. The van der Waals surface area contributed by atoms with Gasteiger partial charge < -0.3 is 19.5 Å². The molecule has 0 aliphatic heterocycles. The van der Waals surface area contributed by atoms with Crippen molar-refractivity contribution in [1.82, 2.24) is 5.32 Å². The number of ether oxygens (including phenoxy) is 3. The van der Waals surface area contributed by atoms with E-state index in [1.807, 2.05) is 72.8 Å².